The summed E-state index contributed by atoms with van der Waals surface area (Å²) in [6.07, 6.45) is 1.07. The fourth-order valence-electron chi connectivity index (χ4n) is 2.95. The van der Waals surface area contributed by atoms with Gasteiger partial charge in [0.2, 0.25) is 0 Å². The van der Waals surface area contributed by atoms with Gasteiger partial charge < -0.3 is 5.73 Å². The van der Waals surface area contributed by atoms with E-state index < -0.39 is 0 Å². The van der Waals surface area contributed by atoms with Crippen LogP contribution in [0.1, 0.15) is 35.0 Å². The molecule has 0 amide bonds. The maximum absolute atomic E-state index is 6.42. The largest absolute Gasteiger partial charge is 0.327 e. The molecule has 3 rings (SSSR count). The molecule has 0 saturated carbocycles. The fraction of sp³-hybridized carbons (Fsp3) is 0.333. The minimum Gasteiger partial charge on any atom is -0.327 e. The summed E-state index contributed by atoms with van der Waals surface area (Å²) in [6.45, 7) is 2.29. The summed E-state index contributed by atoms with van der Waals surface area (Å²) in [4.78, 5) is 0. The SMILES string of the molecule is C[C@@H]1[C@@H](N)C[C@@H](c2ccccc2)S[C@H]1c1ccccc1. The van der Waals surface area contributed by atoms with Gasteiger partial charge in [-0.2, -0.15) is 0 Å². The molecular formula is C18H21NS. The van der Waals surface area contributed by atoms with Crippen LogP contribution in [0.25, 0.3) is 0 Å². The Hall–Kier alpha value is -1.25. The van der Waals surface area contributed by atoms with E-state index in [1.165, 1.54) is 11.1 Å². The first-order valence-electron chi connectivity index (χ1n) is 7.26. The second-order valence-electron chi connectivity index (χ2n) is 5.63. The van der Waals surface area contributed by atoms with Crippen molar-refractivity contribution >= 4 is 11.8 Å². The topological polar surface area (TPSA) is 26.0 Å². The van der Waals surface area contributed by atoms with Crippen molar-refractivity contribution in [3.63, 3.8) is 0 Å². The maximum Gasteiger partial charge on any atom is 0.0343 e. The van der Waals surface area contributed by atoms with Crippen molar-refractivity contribution in [3.8, 4) is 0 Å². The Labute approximate surface area is 125 Å². The number of benzene rings is 2. The highest BCUT2D eigenvalue weighted by atomic mass is 32.2. The van der Waals surface area contributed by atoms with Crippen molar-refractivity contribution in [2.45, 2.75) is 29.9 Å². The summed E-state index contributed by atoms with van der Waals surface area (Å²) < 4.78 is 0. The van der Waals surface area contributed by atoms with Crippen molar-refractivity contribution in [1.82, 2.24) is 0 Å². The van der Waals surface area contributed by atoms with E-state index in [0.717, 1.165) is 6.42 Å². The Morgan fingerprint density at radius 3 is 2.05 bits per heavy atom. The zero-order valence-corrected chi connectivity index (χ0v) is 12.6. The Morgan fingerprint density at radius 2 is 1.45 bits per heavy atom. The molecule has 1 nitrogen and oxygen atoms in total. The molecule has 0 radical (unpaired) electrons. The van der Waals surface area contributed by atoms with Crippen LogP contribution in [0.3, 0.4) is 0 Å². The van der Waals surface area contributed by atoms with Crippen molar-refractivity contribution in [1.29, 1.82) is 0 Å². The lowest BCUT2D eigenvalue weighted by molar-refractivity contribution is 0.401. The molecule has 1 aliphatic rings. The lowest BCUT2D eigenvalue weighted by Gasteiger charge is -2.38. The standard InChI is InChI=1S/C18H21NS/c1-13-16(19)12-17(14-8-4-2-5-9-14)20-18(13)15-10-6-3-7-11-15/h2-11,13,16-18H,12,19H2,1H3/t13-,16+,17+,18-/m1/s1. The van der Waals surface area contributed by atoms with Crippen LogP contribution in [-0.2, 0) is 0 Å². The van der Waals surface area contributed by atoms with Gasteiger partial charge in [-0.25, -0.2) is 0 Å². The van der Waals surface area contributed by atoms with Gasteiger partial charge in [0.25, 0.3) is 0 Å². The number of hydrogen-bond acceptors (Lipinski definition) is 2. The molecule has 0 bridgehead atoms. The lowest BCUT2D eigenvalue weighted by atomic mass is 9.89. The molecule has 2 heteroatoms. The van der Waals surface area contributed by atoms with E-state index in [0.29, 0.717) is 16.4 Å². The molecule has 1 heterocycles. The Morgan fingerprint density at radius 1 is 0.900 bits per heavy atom. The van der Waals surface area contributed by atoms with Crippen molar-refractivity contribution in [2.24, 2.45) is 11.7 Å². The van der Waals surface area contributed by atoms with Gasteiger partial charge in [0, 0.05) is 16.5 Å². The van der Waals surface area contributed by atoms with Crippen LogP contribution < -0.4 is 5.73 Å². The highest BCUT2D eigenvalue weighted by Crippen LogP contribution is 2.52. The molecule has 2 aromatic rings. The molecule has 2 N–H and O–H groups in total. The van der Waals surface area contributed by atoms with E-state index in [-0.39, 0.29) is 6.04 Å². The van der Waals surface area contributed by atoms with E-state index in [2.05, 4.69) is 79.3 Å². The first-order chi connectivity index (χ1) is 9.75. The van der Waals surface area contributed by atoms with Crippen molar-refractivity contribution < 1.29 is 0 Å². The van der Waals surface area contributed by atoms with Gasteiger partial charge in [-0.05, 0) is 23.5 Å². The first kappa shape index (κ1) is 13.7. The molecule has 1 saturated heterocycles. The summed E-state index contributed by atoms with van der Waals surface area (Å²) in [5.74, 6) is 0.516. The van der Waals surface area contributed by atoms with Gasteiger partial charge in [-0.15, -0.1) is 11.8 Å². The lowest BCUT2D eigenvalue weighted by Crippen LogP contribution is -2.36. The van der Waals surface area contributed by atoms with Crippen LogP contribution in [-0.4, -0.2) is 6.04 Å². The van der Waals surface area contributed by atoms with Gasteiger partial charge >= 0.3 is 0 Å². The second kappa shape index (κ2) is 6.02. The molecule has 104 valence electrons. The Bertz CT molecular complexity index is 540. The van der Waals surface area contributed by atoms with Gasteiger partial charge in [0.15, 0.2) is 0 Å². The smallest absolute Gasteiger partial charge is 0.0343 e. The van der Waals surface area contributed by atoms with Crippen molar-refractivity contribution in [3.05, 3.63) is 71.8 Å². The monoisotopic (exact) mass is 283 g/mol. The number of nitrogens with two attached hydrogens (primary N) is 1. The van der Waals surface area contributed by atoms with Crippen LogP contribution in [0.4, 0.5) is 0 Å². The third-order valence-electron chi connectivity index (χ3n) is 4.25. The van der Waals surface area contributed by atoms with Crippen LogP contribution >= 0.6 is 11.8 Å². The third-order valence-corrected chi connectivity index (χ3v) is 6.04. The predicted octanol–water partition coefficient (Wildman–Crippen LogP) is 4.57. The molecule has 0 aromatic heterocycles. The molecule has 2 aromatic carbocycles. The molecule has 1 fully saturated rings. The highest BCUT2D eigenvalue weighted by molar-refractivity contribution is 7.99. The van der Waals surface area contributed by atoms with Gasteiger partial charge in [0.1, 0.15) is 0 Å². The van der Waals surface area contributed by atoms with Gasteiger partial charge in [-0.1, -0.05) is 67.6 Å². The van der Waals surface area contributed by atoms with E-state index in [4.69, 9.17) is 5.73 Å². The van der Waals surface area contributed by atoms with E-state index in [1.54, 1.807) is 0 Å². The van der Waals surface area contributed by atoms with Crippen LogP contribution in [0.5, 0.6) is 0 Å². The van der Waals surface area contributed by atoms with E-state index in [1.807, 2.05) is 0 Å². The number of thioether (sulfide) groups is 1. The maximum atomic E-state index is 6.42. The number of rotatable bonds is 2. The van der Waals surface area contributed by atoms with Crippen molar-refractivity contribution in [2.75, 3.05) is 0 Å². The molecule has 4 atom stereocenters. The minimum atomic E-state index is 0.270. The molecule has 0 spiro atoms. The molecule has 0 aliphatic carbocycles. The predicted molar refractivity (Wildman–Crippen MR) is 87.7 cm³/mol. The number of hydrogen-bond donors (Lipinski definition) is 1. The summed E-state index contributed by atoms with van der Waals surface area (Å²) in [5.41, 5.74) is 9.23. The fourth-order valence-corrected chi connectivity index (χ4v) is 4.72. The third kappa shape index (κ3) is 2.77. The van der Waals surface area contributed by atoms with Crippen LogP contribution in [0.2, 0.25) is 0 Å². The van der Waals surface area contributed by atoms with Crippen LogP contribution in [0.15, 0.2) is 60.7 Å². The average molecular weight is 283 g/mol. The quantitative estimate of drug-likeness (QED) is 0.873. The molecule has 1 aliphatic heterocycles. The molecular weight excluding hydrogens is 262 g/mol. The Kier molecular flexibility index (Phi) is 4.13. The molecule has 20 heavy (non-hydrogen) atoms. The first-order valence-corrected chi connectivity index (χ1v) is 8.21. The average Bonchev–Trinajstić information content (AvgIpc) is 2.51. The van der Waals surface area contributed by atoms with Gasteiger partial charge in [0.05, 0.1) is 0 Å². The summed E-state index contributed by atoms with van der Waals surface area (Å²) >= 11 is 2.07. The summed E-state index contributed by atoms with van der Waals surface area (Å²) in [5, 5.41) is 0.998. The van der Waals surface area contributed by atoms with Gasteiger partial charge in [-0.3, -0.25) is 0 Å². The minimum absolute atomic E-state index is 0.270. The van der Waals surface area contributed by atoms with E-state index >= 15 is 0 Å². The second-order valence-corrected chi connectivity index (χ2v) is 6.97. The molecule has 0 unspecified atom stereocenters. The van der Waals surface area contributed by atoms with Crippen LogP contribution in [0, 0.1) is 5.92 Å². The Balaban J connectivity index is 1.87. The zero-order valence-electron chi connectivity index (χ0n) is 11.8. The normalized spacial score (nSPS) is 30.1. The zero-order chi connectivity index (χ0) is 13.9. The summed E-state index contributed by atoms with van der Waals surface area (Å²) in [7, 11) is 0. The summed E-state index contributed by atoms with van der Waals surface area (Å²) in [6, 6.07) is 21.8. The highest BCUT2D eigenvalue weighted by Gasteiger charge is 2.35. The van der Waals surface area contributed by atoms with E-state index in [9.17, 15) is 0 Å².